The van der Waals surface area contributed by atoms with Gasteiger partial charge in [-0.15, -0.1) is 0 Å². The summed E-state index contributed by atoms with van der Waals surface area (Å²) in [5.74, 6) is -3.21. The van der Waals surface area contributed by atoms with Crippen LogP contribution in [0.3, 0.4) is 0 Å². The number of amides is 1. The fourth-order valence-corrected chi connectivity index (χ4v) is 5.73. The third-order valence-electron chi connectivity index (χ3n) is 7.63. The number of carbonyl (C=O) groups excluding carboxylic acids is 1. The normalized spacial score (nSPS) is 22.1. The van der Waals surface area contributed by atoms with Gasteiger partial charge < -0.3 is 20.8 Å². The second-order valence-corrected chi connectivity index (χ2v) is 9.89. The van der Waals surface area contributed by atoms with Crippen LogP contribution >= 0.6 is 0 Å². The average Bonchev–Trinajstić information content (AvgIpc) is 3.31. The van der Waals surface area contributed by atoms with Crippen LogP contribution in [-0.2, 0) is 13.0 Å². The number of nitrogens with zero attached hydrogens (tertiary/aromatic N) is 2. The SMILES string of the molecule is N[C@H](Cc1cc(F)c(F)cc1F)C1C[C@H]2CC[C@@H](C1)N2C(=O)c1ccc(Cn2c(O)ccc2O)cc1. The molecule has 0 aliphatic carbocycles. The molecule has 4 N–H and O–H groups in total. The fraction of sp³-hybridized carbons (Fsp3) is 0.370. The first-order chi connectivity index (χ1) is 17.2. The number of benzene rings is 2. The number of carbonyl (C=O) groups is 1. The summed E-state index contributed by atoms with van der Waals surface area (Å²) in [6, 6.07) is 11.0. The van der Waals surface area contributed by atoms with E-state index in [9.17, 15) is 28.2 Å². The highest BCUT2D eigenvalue weighted by atomic mass is 19.2. The third kappa shape index (κ3) is 4.55. The van der Waals surface area contributed by atoms with Crippen molar-refractivity contribution in [3.63, 3.8) is 0 Å². The van der Waals surface area contributed by atoms with Crippen molar-refractivity contribution in [2.24, 2.45) is 11.7 Å². The van der Waals surface area contributed by atoms with E-state index in [1.54, 1.807) is 24.3 Å². The van der Waals surface area contributed by atoms with Crippen LogP contribution in [0, 0.1) is 23.4 Å². The van der Waals surface area contributed by atoms with Crippen molar-refractivity contribution in [3.8, 4) is 11.8 Å². The van der Waals surface area contributed by atoms with Crippen LogP contribution in [0.5, 0.6) is 11.8 Å². The van der Waals surface area contributed by atoms with E-state index in [-0.39, 0.29) is 54.2 Å². The van der Waals surface area contributed by atoms with Gasteiger partial charge in [0, 0.05) is 41.9 Å². The number of piperidine rings is 1. The van der Waals surface area contributed by atoms with Crippen molar-refractivity contribution >= 4 is 5.91 Å². The van der Waals surface area contributed by atoms with Crippen LogP contribution in [0.1, 0.15) is 47.2 Å². The molecule has 2 aromatic carbocycles. The van der Waals surface area contributed by atoms with Crippen molar-refractivity contribution in [1.29, 1.82) is 0 Å². The molecule has 2 fully saturated rings. The van der Waals surface area contributed by atoms with Crippen LogP contribution in [0.25, 0.3) is 0 Å². The zero-order valence-electron chi connectivity index (χ0n) is 19.6. The third-order valence-corrected chi connectivity index (χ3v) is 7.63. The van der Waals surface area contributed by atoms with E-state index in [1.807, 2.05) is 4.90 Å². The Bertz CT molecular complexity index is 1240. The minimum atomic E-state index is -1.22. The number of rotatable bonds is 6. The summed E-state index contributed by atoms with van der Waals surface area (Å²) in [7, 11) is 0. The fourth-order valence-electron chi connectivity index (χ4n) is 5.73. The first kappa shape index (κ1) is 24.2. The lowest BCUT2D eigenvalue weighted by Gasteiger charge is -2.41. The zero-order valence-corrected chi connectivity index (χ0v) is 19.6. The highest BCUT2D eigenvalue weighted by molar-refractivity contribution is 5.95. The Kier molecular flexibility index (Phi) is 6.42. The van der Waals surface area contributed by atoms with Gasteiger partial charge in [0.1, 0.15) is 5.82 Å². The molecule has 1 amide bonds. The van der Waals surface area contributed by atoms with Gasteiger partial charge in [0.05, 0.1) is 6.54 Å². The molecular weight excluding hydrogens is 471 g/mol. The molecule has 2 bridgehead atoms. The molecule has 9 heteroatoms. The molecule has 6 nitrogen and oxygen atoms in total. The van der Waals surface area contributed by atoms with Gasteiger partial charge in [-0.2, -0.15) is 0 Å². The van der Waals surface area contributed by atoms with Crippen molar-refractivity contribution < 1.29 is 28.2 Å². The molecule has 1 aromatic heterocycles. The van der Waals surface area contributed by atoms with Crippen LogP contribution in [-0.4, -0.2) is 43.7 Å². The smallest absolute Gasteiger partial charge is 0.254 e. The maximum atomic E-state index is 14.1. The van der Waals surface area contributed by atoms with Crippen LogP contribution in [0.15, 0.2) is 48.5 Å². The summed E-state index contributed by atoms with van der Waals surface area (Å²) in [4.78, 5) is 15.3. The van der Waals surface area contributed by atoms with E-state index in [0.717, 1.165) is 24.5 Å². The van der Waals surface area contributed by atoms with Gasteiger partial charge in [0.2, 0.25) is 0 Å². The van der Waals surface area contributed by atoms with E-state index in [0.29, 0.717) is 24.5 Å². The molecule has 0 saturated carbocycles. The Hall–Kier alpha value is -3.46. The van der Waals surface area contributed by atoms with Gasteiger partial charge in [-0.1, -0.05) is 12.1 Å². The topological polar surface area (TPSA) is 91.7 Å². The number of hydrogen-bond donors (Lipinski definition) is 3. The number of halogens is 3. The molecule has 5 rings (SSSR count). The van der Waals surface area contributed by atoms with Gasteiger partial charge in [-0.05, 0) is 67.3 Å². The Morgan fingerprint density at radius 3 is 2.11 bits per heavy atom. The van der Waals surface area contributed by atoms with Crippen molar-refractivity contribution in [2.45, 2.75) is 56.8 Å². The van der Waals surface area contributed by atoms with Gasteiger partial charge in [0.25, 0.3) is 5.91 Å². The van der Waals surface area contributed by atoms with Crippen molar-refractivity contribution in [2.75, 3.05) is 0 Å². The van der Waals surface area contributed by atoms with Crippen LogP contribution in [0.2, 0.25) is 0 Å². The van der Waals surface area contributed by atoms with Crippen molar-refractivity contribution in [1.82, 2.24) is 9.47 Å². The maximum absolute atomic E-state index is 14.1. The molecule has 36 heavy (non-hydrogen) atoms. The molecule has 190 valence electrons. The highest BCUT2D eigenvalue weighted by Crippen LogP contribution is 2.41. The largest absolute Gasteiger partial charge is 0.494 e. The second kappa shape index (κ2) is 9.54. The quantitative estimate of drug-likeness (QED) is 0.441. The lowest BCUT2D eigenvalue weighted by atomic mass is 9.82. The first-order valence-corrected chi connectivity index (χ1v) is 12.1. The Balaban J connectivity index is 1.24. The van der Waals surface area contributed by atoms with Gasteiger partial charge >= 0.3 is 0 Å². The molecule has 3 heterocycles. The number of fused-ring (bicyclic) bond motifs is 2. The standard InChI is InChI=1S/C27H28F3N3O3/c28-21-13-23(30)22(29)11-17(21)12-24(31)18-9-19-5-6-20(10-18)33(19)27(36)16-3-1-15(2-4-16)14-32-25(34)7-8-26(32)35/h1-4,7-8,11,13,18-20,24,34-35H,5-6,9-10,12,14,31H2/t18?,19-,20+,24-/m1/s1. The highest BCUT2D eigenvalue weighted by Gasteiger charge is 2.44. The molecule has 4 atom stereocenters. The molecule has 0 radical (unpaired) electrons. The lowest BCUT2D eigenvalue weighted by Crippen LogP contribution is -2.50. The number of aromatic nitrogens is 1. The van der Waals surface area contributed by atoms with E-state index < -0.39 is 23.5 Å². The van der Waals surface area contributed by atoms with E-state index in [1.165, 1.54) is 16.7 Å². The molecule has 0 spiro atoms. The Morgan fingerprint density at radius 1 is 0.917 bits per heavy atom. The molecule has 2 aliphatic heterocycles. The number of nitrogens with two attached hydrogens (primary N) is 1. The predicted octanol–water partition coefficient (Wildman–Crippen LogP) is 4.32. The van der Waals surface area contributed by atoms with Gasteiger partial charge in [-0.3, -0.25) is 9.36 Å². The molecular formula is C27H28F3N3O3. The maximum Gasteiger partial charge on any atom is 0.254 e. The molecule has 3 aromatic rings. The minimum absolute atomic E-state index is 0.0237. The van der Waals surface area contributed by atoms with E-state index >= 15 is 0 Å². The molecule has 2 saturated heterocycles. The first-order valence-electron chi connectivity index (χ1n) is 12.1. The summed E-state index contributed by atoms with van der Waals surface area (Å²) in [6.07, 6.45) is 3.19. The van der Waals surface area contributed by atoms with Gasteiger partial charge in [-0.25, -0.2) is 13.2 Å². The Labute approximate surface area is 206 Å². The number of hydrogen-bond acceptors (Lipinski definition) is 4. The van der Waals surface area contributed by atoms with E-state index in [4.69, 9.17) is 5.73 Å². The minimum Gasteiger partial charge on any atom is -0.494 e. The Morgan fingerprint density at radius 2 is 1.50 bits per heavy atom. The van der Waals surface area contributed by atoms with Crippen LogP contribution in [0.4, 0.5) is 13.2 Å². The average molecular weight is 500 g/mol. The van der Waals surface area contributed by atoms with Crippen molar-refractivity contribution in [3.05, 3.63) is 82.7 Å². The summed E-state index contributed by atoms with van der Waals surface area (Å²) < 4.78 is 42.3. The molecule has 1 unspecified atom stereocenters. The second-order valence-electron chi connectivity index (χ2n) is 9.89. The van der Waals surface area contributed by atoms with Gasteiger partial charge in [0.15, 0.2) is 23.4 Å². The monoisotopic (exact) mass is 499 g/mol. The van der Waals surface area contributed by atoms with Crippen LogP contribution < -0.4 is 5.73 Å². The lowest BCUT2D eigenvalue weighted by molar-refractivity contribution is 0.0500. The predicted molar refractivity (Wildman–Crippen MR) is 127 cm³/mol. The summed E-state index contributed by atoms with van der Waals surface area (Å²) in [5.41, 5.74) is 7.84. The summed E-state index contributed by atoms with van der Waals surface area (Å²) in [5, 5.41) is 19.7. The molecule has 2 aliphatic rings. The zero-order chi connectivity index (χ0) is 25.6. The summed E-state index contributed by atoms with van der Waals surface area (Å²) >= 11 is 0. The number of aromatic hydroxyl groups is 2. The summed E-state index contributed by atoms with van der Waals surface area (Å²) in [6.45, 7) is 0.270. The van der Waals surface area contributed by atoms with E-state index in [2.05, 4.69) is 0 Å².